The molecule has 14 heavy (non-hydrogen) atoms. The minimum atomic E-state index is -0.0377. The van der Waals surface area contributed by atoms with Crippen molar-refractivity contribution in [3.63, 3.8) is 0 Å². The summed E-state index contributed by atoms with van der Waals surface area (Å²) in [6.07, 6.45) is 3.27. The average molecular weight is 197 g/mol. The summed E-state index contributed by atoms with van der Waals surface area (Å²) in [4.78, 5) is 2.50. The SMILES string of the molecule is CCC(C)N1CCC(C)(C(=N)N)CC1. The number of hydrogen-bond donors (Lipinski definition) is 2. The van der Waals surface area contributed by atoms with E-state index in [4.69, 9.17) is 11.1 Å². The normalized spacial score (nSPS) is 24.5. The Morgan fingerprint density at radius 2 is 2.00 bits per heavy atom. The van der Waals surface area contributed by atoms with Crippen LogP contribution in [0.3, 0.4) is 0 Å². The molecule has 3 nitrogen and oxygen atoms in total. The van der Waals surface area contributed by atoms with E-state index in [-0.39, 0.29) is 5.41 Å². The zero-order valence-corrected chi connectivity index (χ0v) is 9.64. The van der Waals surface area contributed by atoms with E-state index < -0.39 is 0 Å². The van der Waals surface area contributed by atoms with Gasteiger partial charge < -0.3 is 10.6 Å². The fourth-order valence-corrected chi connectivity index (χ4v) is 1.99. The third-order valence-corrected chi connectivity index (χ3v) is 3.77. The van der Waals surface area contributed by atoms with Gasteiger partial charge in [-0.1, -0.05) is 13.8 Å². The third-order valence-electron chi connectivity index (χ3n) is 3.77. The molecule has 0 aromatic carbocycles. The van der Waals surface area contributed by atoms with Crippen LogP contribution in [0.1, 0.15) is 40.0 Å². The number of likely N-dealkylation sites (tertiary alicyclic amines) is 1. The summed E-state index contributed by atoms with van der Waals surface area (Å²) in [5.41, 5.74) is 5.58. The second-order valence-corrected chi connectivity index (χ2v) is 4.77. The number of amidine groups is 1. The van der Waals surface area contributed by atoms with Crippen molar-refractivity contribution in [2.45, 2.75) is 46.1 Å². The van der Waals surface area contributed by atoms with E-state index in [2.05, 4.69) is 25.7 Å². The lowest BCUT2D eigenvalue weighted by Gasteiger charge is -2.41. The highest BCUT2D eigenvalue weighted by molar-refractivity contribution is 5.83. The van der Waals surface area contributed by atoms with Crippen LogP contribution < -0.4 is 5.73 Å². The van der Waals surface area contributed by atoms with E-state index in [0.717, 1.165) is 25.9 Å². The van der Waals surface area contributed by atoms with Crippen molar-refractivity contribution in [2.24, 2.45) is 11.1 Å². The van der Waals surface area contributed by atoms with Gasteiger partial charge in [0.25, 0.3) is 0 Å². The first-order valence-corrected chi connectivity index (χ1v) is 5.58. The Morgan fingerprint density at radius 1 is 1.50 bits per heavy atom. The van der Waals surface area contributed by atoms with Crippen LogP contribution in [0.4, 0.5) is 0 Å². The molecule has 1 aliphatic heterocycles. The predicted molar refractivity (Wildman–Crippen MR) is 60.6 cm³/mol. The maximum Gasteiger partial charge on any atom is 0.0966 e. The van der Waals surface area contributed by atoms with Gasteiger partial charge in [-0.3, -0.25) is 5.41 Å². The Hall–Kier alpha value is -0.570. The maximum absolute atomic E-state index is 7.56. The molecule has 1 unspecified atom stereocenters. The van der Waals surface area contributed by atoms with Crippen LogP contribution in [0.5, 0.6) is 0 Å². The van der Waals surface area contributed by atoms with Crippen molar-refractivity contribution in [3.8, 4) is 0 Å². The van der Waals surface area contributed by atoms with Gasteiger partial charge >= 0.3 is 0 Å². The van der Waals surface area contributed by atoms with Crippen LogP contribution in [0.15, 0.2) is 0 Å². The molecule has 0 radical (unpaired) electrons. The van der Waals surface area contributed by atoms with Crippen LogP contribution in [-0.4, -0.2) is 29.9 Å². The fourth-order valence-electron chi connectivity index (χ4n) is 1.99. The molecule has 0 aliphatic carbocycles. The maximum atomic E-state index is 7.56. The molecule has 0 spiro atoms. The Morgan fingerprint density at radius 3 is 2.36 bits per heavy atom. The number of nitrogens with one attached hydrogen (secondary N) is 1. The van der Waals surface area contributed by atoms with Gasteiger partial charge in [-0.25, -0.2) is 0 Å². The van der Waals surface area contributed by atoms with Gasteiger partial charge in [0.15, 0.2) is 0 Å². The zero-order valence-electron chi connectivity index (χ0n) is 9.64. The highest BCUT2D eigenvalue weighted by Gasteiger charge is 2.33. The van der Waals surface area contributed by atoms with Gasteiger partial charge in [0, 0.05) is 11.5 Å². The molecule has 3 N–H and O–H groups in total. The first kappa shape index (κ1) is 11.5. The summed E-state index contributed by atoms with van der Waals surface area (Å²) in [5, 5.41) is 7.56. The summed E-state index contributed by atoms with van der Waals surface area (Å²) >= 11 is 0. The number of rotatable bonds is 3. The number of nitrogens with two attached hydrogens (primary N) is 1. The van der Waals surface area contributed by atoms with E-state index in [0.29, 0.717) is 11.9 Å². The van der Waals surface area contributed by atoms with Gasteiger partial charge in [-0.15, -0.1) is 0 Å². The summed E-state index contributed by atoms with van der Waals surface area (Å²) in [6.45, 7) is 8.79. The van der Waals surface area contributed by atoms with Crippen molar-refractivity contribution in [1.29, 1.82) is 5.41 Å². The third kappa shape index (κ3) is 2.27. The van der Waals surface area contributed by atoms with E-state index in [1.54, 1.807) is 0 Å². The largest absolute Gasteiger partial charge is 0.387 e. The van der Waals surface area contributed by atoms with Crippen molar-refractivity contribution in [3.05, 3.63) is 0 Å². The molecular weight excluding hydrogens is 174 g/mol. The molecule has 0 amide bonds. The van der Waals surface area contributed by atoms with Crippen LogP contribution >= 0.6 is 0 Å². The zero-order chi connectivity index (χ0) is 10.8. The minimum absolute atomic E-state index is 0.0377. The lowest BCUT2D eigenvalue weighted by molar-refractivity contribution is 0.121. The lowest BCUT2D eigenvalue weighted by atomic mass is 9.79. The van der Waals surface area contributed by atoms with E-state index in [9.17, 15) is 0 Å². The molecule has 1 aliphatic rings. The molecule has 1 rings (SSSR count). The van der Waals surface area contributed by atoms with Gasteiger partial charge in [0.2, 0.25) is 0 Å². The van der Waals surface area contributed by atoms with Gasteiger partial charge in [-0.05, 0) is 39.3 Å². The molecule has 3 heteroatoms. The summed E-state index contributed by atoms with van der Waals surface area (Å²) in [6, 6.07) is 0.673. The molecule has 0 aromatic heterocycles. The number of hydrogen-bond acceptors (Lipinski definition) is 2. The highest BCUT2D eigenvalue weighted by Crippen LogP contribution is 2.31. The van der Waals surface area contributed by atoms with Crippen molar-refractivity contribution >= 4 is 5.84 Å². The molecule has 1 atom stereocenters. The Kier molecular flexibility index (Phi) is 3.53. The molecule has 0 bridgehead atoms. The van der Waals surface area contributed by atoms with Crippen LogP contribution in [0.25, 0.3) is 0 Å². The second-order valence-electron chi connectivity index (χ2n) is 4.77. The van der Waals surface area contributed by atoms with Crippen molar-refractivity contribution < 1.29 is 0 Å². The molecule has 1 fully saturated rings. The standard InChI is InChI=1S/C11H23N3/c1-4-9(2)14-7-5-11(3,6-8-14)10(12)13/h9H,4-8H2,1-3H3,(H3,12,13). The lowest BCUT2D eigenvalue weighted by Crippen LogP contribution is -2.47. The number of nitrogens with zero attached hydrogens (tertiary/aromatic N) is 1. The molecule has 1 heterocycles. The average Bonchev–Trinajstić information content (AvgIpc) is 2.17. The quantitative estimate of drug-likeness (QED) is 0.535. The first-order chi connectivity index (χ1) is 6.49. The van der Waals surface area contributed by atoms with Crippen LogP contribution in [-0.2, 0) is 0 Å². The Bertz CT molecular complexity index is 205. The summed E-state index contributed by atoms with van der Waals surface area (Å²) < 4.78 is 0. The van der Waals surface area contributed by atoms with Crippen molar-refractivity contribution in [1.82, 2.24) is 4.90 Å². The van der Waals surface area contributed by atoms with Crippen molar-refractivity contribution in [2.75, 3.05) is 13.1 Å². The highest BCUT2D eigenvalue weighted by atomic mass is 15.2. The molecule has 82 valence electrons. The van der Waals surface area contributed by atoms with E-state index in [1.165, 1.54) is 6.42 Å². The molecule has 1 saturated heterocycles. The Balaban J connectivity index is 2.49. The fraction of sp³-hybridized carbons (Fsp3) is 0.909. The second kappa shape index (κ2) is 4.30. The van der Waals surface area contributed by atoms with Gasteiger partial charge in [0.1, 0.15) is 0 Å². The van der Waals surface area contributed by atoms with E-state index in [1.807, 2.05) is 0 Å². The number of piperidine rings is 1. The molecular formula is C11H23N3. The van der Waals surface area contributed by atoms with Gasteiger partial charge in [0.05, 0.1) is 5.84 Å². The smallest absolute Gasteiger partial charge is 0.0966 e. The first-order valence-electron chi connectivity index (χ1n) is 5.58. The molecule has 0 saturated carbocycles. The monoisotopic (exact) mass is 197 g/mol. The van der Waals surface area contributed by atoms with Crippen LogP contribution in [0, 0.1) is 10.8 Å². The minimum Gasteiger partial charge on any atom is -0.387 e. The summed E-state index contributed by atoms with van der Waals surface area (Å²) in [5.74, 6) is 0.362. The van der Waals surface area contributed by atoms with Crippen LogP contribution in [0.2, 0.25) is 0 Å². The summed E-state index contributed by atoms with van der Waals surface area (Å²) in [7, 11) is 0. The van der Waals surface area contributed by atoms with Gasteiger partial charge in [-0.2, -0.15) is 0 Å². The Labute approximate surface area is 87.2 Å². The molecule has 0 aromatic rings. The van der Waals surface area contributed by atoms with E-state index >= 15 is 0 Å². The topological polar surface area (TPSA) is 53.1 Å². The predicted octanol–water partition coefficient (Wildman–Crippen LogP) is 1.82.